The van der Waals surface area contributed by atoms with E-state index in [1.165, 1.54) is 5.56 Å². The van der Waals surface area contributed by atoms with Crippen molar-refractivity contribution in [2.75, 3.05) is 34.4 Å². The molecule has 0 saturated carbocycles. The normalized spacial score (nSPS) is 10.2. The third-order valence-electron chi connectivity index (χ3n) is 3.07. The first-order chi connectivity index (χ1) is 9.71. The van der Waals surface area contributed by atoms with E-state index >= 15 is 0 Å². The Morgan fingerprint density at radius 3 is 2.55 bits per heavy atom. The summed E-state index contributed by atoms with van der Waals surface area (Å²) in [5.41, 5.74) is 1.20. The van der Waals surface area contributed by atoms with E-state index in [0.29, 0.717) is 6.42 Å². The molecule has 2 N–H and O–H groups in total. The van der Waals surface area contributed by atoms with Crippen LogP contribution in [0.25, 0.3) is 0 Å². The number of ether oxygens (including phenoxy) is 2. The minimum absolute atomic E-state index is 0.0895. The molecule has 20 heavy (non-hydrogen) atoms. The van der Waals surface area contributed by atoms with E-state index in [1.807, 2.05) is 18.2 Å². The highest BCUT2D eigenvalue weighted by Gasteiger charge is 2.04. The van der Waals surface area contributed by atoms with Crippen molar-refractivity contribution in [1.82, 2.24) is 10.6 Å². The first-order valence-corrected chi connectivity index (χ1v) is 6.83. The highest BCUT2D eigenvalue weighted by Crippen LogP contribution is 2.27. The zero-order chi connectivity index (χ0) is 14.8. The molecule has 0 unspecified atom stereocenters. The van der Waals surface area contributed by atoms with Gasteiger partial charge in [0.05, 0.1) is 14.2 Å². The fraction of sp³-hybridized carbons (Fsp3) is 0.533. The lowest BCUT2D eigenvalue weighted by atomic mass is 10.1. The van der Waals surface area contributed by atoms with Gasteiger partial charge in [-0.25, -0.2) is 0 Å². The molecule has 1 aromatic carbocycles. The Kier molecular flexibility index (Phi) is 7.50. The molecule has 0 heterocycles. The lowest BCUT2D eigenvalue weighted by molar-refractivity contribution is -0.120. The molecule has 0 saturated heterocycles. The van der Waals surface area contributed by atoms with Gasteiger partial charge in [0.25, 0.3) is 0 Å². The number of benzene rings is 1. The predicted molar refractivity (Wildman–Crippen MR) is 79.4 cm³/mol. The summed E-state index contributed by atoms with van der Waals surface area (Å²) >= 11 is 0. The van der Waals surface area contributed by atoms with Gasteiger partial charge < -0.3 is 20.1 Å². The third-order valence-corrected chi connectivity index (χ3v) is 3.07. The Balaban J connectivity index is 2.27. The predicted octanol–water partition coefficient (Wildman–Crippen LogP) is 1.36. The van der Waals surface area contributed by atoms with Gasteiger partial charge in [-0.2, -0.15) is 0 Å². The number of carbonyl (C=O) groups excluding carboxylic acids is 1. The lowest BCUT2D eigenvalue weighted by Crippen LogP contribution is -2.22. The van der Waals surface area contributed by atoms with Crippen molar-refractivity contribution in [3.05, 3.63) is 23.8 Å². The molecule has 0 spiro atoms. The smallest absolute Gasteiger partial charge is 0.219 e. The Labute approximate surface area is 120 Å². The zero-order valence-corrected chi connectivity index (χ0v) is 12.5. The quantitative estimate of drug-likeness (QED) is 0.671. The molecule has 0 aliphatic rings. The summed E-state index contributed by atoms with van der Waals surface area (Å²) in [6.07, 6.45) is 2.34. The number of amides is 1. The summed E-state index contributed by atoms with van der Waals surface area (Å²) in [5, 5.41) is 5.94. The van der Waals surface area contributed by atoms with Crippen molar-refractivity contribution < 1.29 is 14.3 Å². The maximum atomic E-state index is 11.0. The third kappa shape index (κ3) is 5.48. The van der Waals surface area contributed by atoms with Gasteiger partial charge in [0, 0.05) is 13.5 Å². The summed E-state index contributed by atoms with van der Waals surface area (Å²) in [4.78, 5) is 11.0. The molecule has 0 aliphatic heterocycles. The second-order valence-electron chi connectivity index (χ2n) is 4.47. The number of hydrogen-bond acceptors (Lipinski definition) is 4. The Morgan fingerprint density at radius 2 is 1.90 bits per heavy atom. The number of rotatable bonds is 9. The summed E-state index contributed by atoms with van der Waals surface area (Å²) in [6.45, 7) is 1.73. The van der Waals surface area contributed by atoms with Gasteiger partial charge in [0.15, 0.2) is 11.5 Å². The van der Waals surface area contributed by atoms with E-state index in [-0.39, 0.29) is 5.91 Å². The first-order valence-electron chi connectivity index (χ1n) is 6.83. The van der Waals surface area contributed by atoms with Gasteiger partial charge in [0.1, 0.15) is 0 Å². The van der Waals surface area contributed by atoms with E-state index in [9.17, 15) is 4.79 Å². The van der Waals surface area contributed by atoms with E-state index in [4.69, 9.17) is 9.47 Å². The highest BCUT2D eigenvalue weighted by molar-refractivity contribution is 5.75. The van der Waals surface area contributed by atoms with Crippen molar-refractivity contribution in [3.8, 4) is 11.5 Å². The van der Waals surface area contributed by atoms with Gasteiger partial charge >= 0.3 is 0 Å². The van der Waals surface area contributed by atoms with E-state index in [1.54, 1.807) is 21.3 Å². The second kappa shape index (κ2) is 9.20. The van der Waals surface area contributed by atoms with Crippen molar-refractivity contribution in [1.29, 1.82) is 0 Å². The molecule has 5 nitrogen and oxygen atoms in total. The Bertz CT molecular complexity index is 422. The van der Waals surface area contributed by atoms with Gasteiger partial charge in [-0.1, -0.05) is 6.07 Å². The summed E-state index contributed by atoms with van der Waals surface area (Å²) in [7, 11) is 4.93. The van der Waals surface area contributed by atoms with Crippen LogP contribution in [-0.2, 0) is 11.2 Å². The number of carbonyl (C=O) groups is 1. The highest BCUT2D eigenvalue weighted by atomic mass is 16.5. The minimum Gasteiger partial charge on any atom is -0.493 e. The molecular weight excluding hydrogens is 256 g/mol. The monoisotopic (exact) mass is 280 g/mol. The summed E-state index contributed by atoms with van der Waals surface area (Å²) in [6, 6.07) is 5.94. The van der Waals surface area contributed by atoms with Gasteiger partial charge in [-0.05, 0) is 43.6 Å². The number of hydrogen-bond donors (Lipinski definition) is 2. The van der Waals surface area contributed by atoms with Crippen LogP contribution in [0.15, 0.2) is 18.2 Å². The van der Waals surface area contributed by atoms with Crippen LogP contribution in [0, 0.1) is 0 Å². The average Bonchev–Trinajstić information content (AvgIpc) is 2.49. The van der Waals surface area contributed by atoms with Crippen molar-refractivity contribution >= 4 is 5.91 Å². The topological polar surface area (TPSA) is 59.6 Å². The molecule has 1 amide bonds. The molecule has 0 aromatic heterocycles. The number of nitrogens with one attached hydrogen (secondary N) is 2. The van der Waals surface area contributed by atoms with Crippen LogP contribution >= 0.6 is 0 Å². The van der Waals surface area contributed by atoms with Crippen molar-refractivity contribution in [2.45, 2.75) is 19.3 Å². The van der Waals surface area contributed by atoms with Crippen LogP contribution in [0.3, 0.4) is 0 Å². The molecule has 0 radical (unpaired) electrons. The van der Waals surface area contributed by atoms with Gasteiger partial charge in [0.2, 0.25) is 5.91 Å². The van der Waals surface area contributed by atoms with Crippen LogP contribution in [0.2, 0.25) is 0 Å². The molecule has 5 heteroatoms. The molecule has 0 aliphatic carbocycles. The fourth-order valence-electron chi connectivity index (χ4n) is 1.89. The average molecular weight is 280 g/mol. The molecule has 0 atom stereocenters. The summed E-state index contributed by atoms with van der Waals surface area (Å²) < 4.78 is 10.5. The SMILES string of the molecule is CNC(=O)CCCNCCc1ccc(OC)c(OC)c1. The van der Waals surface area contributed by atoms with Crippen LogP contribution in [0.4, 0.5) is 0 Å². The molecule has 1 rings (SSSR count). The van der Waals surface area contributed by atoms with Gasteiger partial charge in [-0.15, -0.1) is 0 Å². The molecular formula is C15H24N2O3. The van der Waals surface area contributed by atoms with Crippen LogP contribution in [0.1, 0.15) is 18.4 Å². The van der Waals surface area contributed by atoms with Crippen molar-refractivity contribution in [3.63, 3.8) is 0 Å². The standard InChI is InChI=1S/C15H24N2O3/c1-16-15(18)5-4-9-17-10-8-12-6-7-13(19-2)14(11-12)20-3/h6-7,11,17H,4-5,8-10H2,1-3H3,(H,16,18). The van der Waals surface area contributed by atoms with Gasteiger partial charge in [-0.3, -0.25) is 4.79 Å². The van der Waals surface area contributed by atoms with E-state index in [0.717, 1.165) is 37.4 Å². The minimum atomic E-state index is 0.0895. The first kappa shape index (κ1) is 16.3. The van der Waals surface area contributed by atoms with E-state index < -0.39 is 0 Å². The molecule has 0 bridgehead atoms. The zero-order valence-electron chi connectivity index (χ0n) is 12.5. The fourth-order valence-corrected chi connectivity index (χ4v) is 1.89. The maximum Gasteiger partial charge on any atom is 0.219 e. The van der Waals surface area contributed by atoms with Crippen LogP contribution < -0.4 is 20.1 Å². The Morgan fingerprint density at radius 1 is 1.15 bits per heavy atom. The molecule has 0 fully saturated rings. The van der Waals surface area contributed by atoms with Crippen molar-refractivity contribution in [2.24, 2.45) is 0 Å². The largest absolute Gasteiger partial charge is 0.493 e. The van der Waals surface area contributed by atoms with Crippen LogP contribution in [-0.4, -0.2) is 40.3 Å². The van der Waals surface area contributed by atoms with Crippen LogP contribution in [0.5, 0.6) is 11.5 Å². The second-order valence-corrected chi connectivity index (χ2v) is 4.47. The van der Waals surface area contributed by atoms with E-state index in [2.05, 4.69) is 10.6 Å². The Hall–Kier alpha value is -1.75. The molecule has 1 aromatic rings. The summed E-state index contributed by atoms with van der Waals surface area (Å²) in [5.74, 6) is 1.59. The molecule has 112 valence electrons. The number of methoxy groups -OCH3 is 2. The maximum absolute atomic E-state index is 11.0. The lowest BCUT2D eigenvalue weighted by Gasteiger charge is -2.10.